The summed E-state index contributed by atoms with van der Waals surface area (Å²) < 4.78 is 9.85. The Morgan fingerprint density at radius 2 is 2.20 bits per heavy atom. The van der Waals surface area contributed by atoms with Crippen LogP contribution in [0.3, 0.4) is 0 Å². The van der Waals surface area contributed by atoms with Gasteiger partial charge in [-0.15, -0.1) is 0 Å². The Balaban J connectivity index is 2.43. The minimum Gasteiger partial charge on any atom is -0.481 e. The summed E-state index contributed by atoms with van der Waals surface area (Å²) in [6.45, 7) is 0.365. The van der Waals surface area contributed by atoms with Gasteiger partial charge in [0.05, 0.1) is 19.8 Å². The number of ether oxygens (including phenoxy) is 2. The van der Waals surface area contributed by atoms with Crippen LogP contribution < -0.4 is 4.74 Å². The van der Waals surface area contributed by atoms with Gasteiger partial charge in [0.2, 0.25) is 5.88 Å². The standard InChI is InChI=1S/C11H17NO3/c1-14-8-10(13)7-6-9-4-3-5-11(12-9)15-2/h3-5,10,13H,6-8H2,1-2H3. The van der Waals surface area contributed by atoms with Crippen LogP contribution in [0.2, 0.25) is 0 Å². The van der Waals surface area contributed by atoms with E-state index in [9.17, 15) is 5.11 Å². The highest BCUT2D eigenvalue weighted by molar-refractivity contribution is 5.15. The molecule has 0 amide bonds. The molecule has 1 rings (SSSR count). The van der Waals surface area contributed by atoms with Crippen LogP contribution in [-0.4, -0.2) is 37.0 Å². The number of aromatic nitrogens is 1. The molecule has 0 aliphatic rings. The van der Waals surface area contributed by atoms with Crippen molar-refractivity contribution < 1.29 is 14.6 Å². The molecule has 0 bridgehead atoms. The fourth-order valence-electron chi connectivity index (χ4n) is 1.30. The third-order valence-corrected chi connectivity index (χ3v) is 2.08. The van der Waals surface area contributed by atoms with E-state index in [1.54, 1.807) is 20.3 Å². The van der Waals surface area contributed by atoms with Crippen molar-refractivity contribution in [3.8, 4) is 5.88 Å². The molecule has 0 aromatic carbocycles. The van der Waals surface area contributed by atoms with E-state index >= 15 is 0 Å². The minimum atomic E-state index is -0.428. The van der Waals surface area contributed by atoms with Crippen molar-refractivity contribution in [1.29, 1.82) is 0 Å². The Morgan fingerprint density at radius 3 is 2.87 bits per heavy atom. The van der Waals surface area contributed by atoms with Gasteiger partial charge in [-0.2, -0.15) is 0 Å². The molecule has 0 saturated carbocycles. The van der Waals surface area contributed by atoms with Crippen molar-refractivity contribution in [2.45, 2.75) is 18.9 Å². The summed E-state index contributed by atoms with van der Waals surface area (Å²) in [6, 6.07) is 5.61. The van der Waals surface area contributed by atoms with Crippen LogP contribution in [0.4, 0.5) is 0 Å². The lowest BCUT2D eigenvalue weighted by molar-refractivity contribution is 0.0593. The zero-order chi connectivity index (χ0) is 11.1. The van der Waals surface area contributed by atoms with Gasteiger partial charge in [0.1, 0.15) is 0 Å². The monoisotopic (exact) mass is 211 g/mol. The number of aliphatic hydroxyl groups is 1. The van der Waals surface area contributed by atoms with Gasteiger partial charge < -0.3 is 14.6 Å². The maximum Gasteiger partial charge on any atom is 0.213 e. The van der Waals surface area contributed by atoms with E-state index in [2.05, 4.69) is 4.98 Å². The predicted molar refractivity (Wildman–Crippen MR) is 57.0 cm³/mol. The molecule has 1 N–H and O–H groups in total. The summed E-state index contributed by atoms with van der Waals surface area (Å²) >= 11 is 0. The summed E-state index contributed by atoms with van der Waals surface area (Å²) in [5, 5.41) is 9.45. The molecule has 0 aliphatic carbocycles. The topological polar surface area (TPSA) is 51.6 Å². The molecule has 0 fully saturated rings. The van der Waals surface area contributed by atoms with E-state index in [-0.39, 0.29) is 0 Å². The van der Waals surface area contributed by atoms with Crippen LogP contribution in [0.1, 0.15) is 12.1 Å². The Hall–Kier alpha value is -1.13. The fraction of sp³-hybridized carbons (Fsp3) is 0.545. The SMILES string of the molecule is COCC(O)CCc1cccc(OC)n1. The first-order chi connectivity index (χ1) is 7.26. The number of rotatable bonds is 6. The molecule has 4 nitrogen and oxygen atoms in total. The Kier molecular flexibility index (Phi) is 5.07. The van der Waals surface area contributed by atoms with Crippen molar-refractivity contribution in [3.63, 3.8) is 0 Å². The lowest BCUT2D eigenvalue weighted by Crippen LogP contribution is -2.15. The second-order valence-corrected chi connectivity index (χ2v) is 3.32. The first kappa shape index (κ1) is 11.9. The highest BCUT2D eigenvalue weighted by atomic mass is 16.5. The van der Waals surface area contributed by atoms with Crippen molar-refractivity contribution >= 4 is 0 Å². The average Bonchev–Trinajstić information content (AvgIpc) is 2.27. The van der Waals surface area contributed by atoms with Crippen molar-refractivity contribution in [2.75, 3.05) is 20.8 Å². The Bertz CT molecular complexity index is 291. The van der Waals surface area contributed by atoms with Crippen molar-refractivity contribution in [1.82, 2.24) is 4.98 Å². The second kappa shape index (κ2) is 6.37. The van der Waals surface area contributed by atoms with Crippen LogP contribution >= 0.6 is 0 Å². The van der Waals surface area contributed by atoms with Gasteiger partial charge >= 0.3 is 0 Å². The molecular weight excluding hydrogens is 194 g/mol. The van der Waals surface area contributed by atoms with Crippen LogP contribution in [0.5, 0.6) is 5.88 Å². The van der Waals surface area contributed by atoms with Crippen LogP contribution in [0.25, 0.3) is 0 Å². The van der Waals surface area contributed by atoms with Gasteiger partial charge in [-0.1, -0.05) is 6.07 Å². The predicted octanol–water partition coefficient (Wildman–Crippen LogP) is 1.03. The molecule has 1 aromatic rings. The van der Waals surface area contributed by atoms with E-state index in [0.29, 0.717) is 18.9 Å². The first-order valence-electron chi connectivity index (χ1n) is 4.93. The first-order valence-corrected chi connectivity index (χ1v) is 4.93. The van der Waals surface area contributed by atoms with E-state index in [4.69, 9.17) is 9.47 Å². The Labute approximate surface area is 89.9 Å². The number of aliphatic hydroxyl groups excluding tert-OH is 1. The fourth-order valence-corrected chi connectivity index (χ4v) is 1.30. The Morgan fingerprint density at radius 1 is 1.40 bits per heavy atom. The number of hydrogen-bond donors (Lipinski definition) is 1. The maximum absolute atomic E-state index is 9.45. The summed E-state index contributed by atoms with van der Waals surface area (Å²) in [4.78, 5) is 4.25. The summed E-state index contributed by atoms with van der Waals surface area (Å²) in [7, 11) is 3.17. The second-order valence-electron chi connectivity index (χ2n) is 3.32. The molecular formula is C11H17NO3. The van der Waals surface area contributed by atoms with Gasteiger partial charge in [0.25, 0.3) is 0 Å². The van der Waals surface area contributed by atoms with Crippen molar-refractivity contribution in [3.05, 3.63) is 23.9 Å². The molecule has 0 radical (unpaired) electrons. The van der Waals surface area contributed by atoms with Gasteiger partial charge in [-0.05, 0) is 18.9 Å². The quantitative estimate of drug-likeness (QED) is 0.763. The molecule has 1 unspecified atom stereocenters. The molecule has 84 valence electrons. The van der Waals surface area contributed by atoms with Crippen molar-refractivity contribution in [2.24, 2.45) is 0 Å². The van der Waals surface area contributed by atoms with E-state index in [1.807, 2.05) is 12.1 Å². The zero-order valence-corrected chi connectivity index (χ0v) is 9.14. The highest BCUT2D eigenvalue weighted by Gasteiger charge is 2.05. The van der Waals surface area contributed by atoms with Gasteiger partial charge in [-0.25, -0.2) is 4.98 Å². The normalized spacial score (nSPS) is 12.5. The highest BCUT2D eigenvalue weighted by Crippen LogP contribution is 2.09. The summed E-state index contributed by atoms with van der Waals surface area (Å²) in [5.41, 5.74) is 0.921. The largest absolute Gasteiger partial charge is 0.481 e. The summed E-state index contributed by atoms with van der Waals surface area (Å²) in [5.74, 6) is 0.605. The minimum absolute atomic E-state index is 0.365. The van der Waals surface area contributed by atoms with Gasteiger partial charge in [0, 0.05) is 18.9 Å². The molecule has 1 aromatic heterocycles. The number of methoxy groups -OCH3 is 2. The van der Waals surface area contributed by atoms with E-state index < -0.39 is 6.10 Å². The number of hydrogen-bond acceptors (Lipinski definition) is 4. The number of nitrogens with zero attached hydrogens (tertiary/aromatic N) is 1. The summed E-state index contributed by atoms with van der Waals surface area (Å²) in [6.07, 6.45) is 0.943. The van der Waals surface area contributed by atoms with Crippen LogP contribution in [0, 0.1) is 0 Å². The molecule has 15 heavy (non-hydrogen) atoms. The lowest BCUT2D eigenvalue weighted by atomic mass is 10.1. The lowest BCUT2D eigenvalue weighted by Gasteiger charge is -2.08. The van der Waals surface area contributed by atoms with Gasteiger partial charge in [-0.3, -0.25) is 0 Å². The van der Waals surface area contributed by atoms with Crippen LogP contribution in [-0.2, 0) is 11.2 Å². The maximum atomic E-state index is 9.45. The third kappa shape index (κ3) is 4.27. The average molecular weight is 211 g/mol. The van der Waals surface area contributed by atoms with Crippen LogP contribution in [0.15, 0.2) is 18.2 Å². The number of aryl methyl sites for hydroxylation is 1. The smallest absolute Gasteiger partial charge is 0.213 e. The van der Waals surface area contributed by atoms with E-state index in [1.165, 1.54) is 0 Å². The molecule has 0 aliphatic heterocycles. The molecule has 1 heterocycles. The third-order valence-electron chi connectivity index (χ3n) is 2.08. The molecule has 0 saturated heterocycles. The van der Waals surface area contributed by atoms with Gasteiger partial charge in [0.15, 0.2) is 0 Å². The molecule has 1 atom stereocenters. The number of pyridine rings is 1. The van der Waals surface area contributed by atoms with E-state index in [0.717, 1.165) is 12.1 Å². The zero-order valence-electron chi connectivity index (χ0n) is 9.14. The molecule has 0 spiro atoms. The molecule has 4 heteroatoms.